The third-order valence-corrected chi connectivity index (χ3v) is 1.77. The molecule has 1 aromatic rings. The van der Waals surface area contributed by atoms with E-state index < -0.39 is 0 Å². The Bertz CT molecular complexity index is 359. The maximum absolute atomic E-state index is 8.34. The van der Waals surface area contributed by atoms with Crippen molar-refractivity contribution in [1.82, 2.24) is 4.98 Å². The lowest BCUT2D eigenvalue weighted by molar-refractivity contribution is 1.11. The Labute approximate surface area is 78.5 Å². The molecule has 0 N–H and O–H groups in total. The van der Waals surface area contributed by atoms with Crippen LogP contribution < -0.4 is 0 Å². The number of nitrogens with zero attached hydrogens (tertiary/aromatic N) is 2. The Hall–Kier alpha value is -1.62. The van der Waals surface area contributed by atoms with Gasteiger partial charge >= 0.3 is 0 Å². The Kier molecular flexibility index (Phi) is 3.22. The summed E-state index contributed by atoms with van der Waals surface area (Å²) < 4.78 is 0. The van der Waals surface area contributed by atoms with Crippen LogP contribution in [0, 0.1) is 25.2 Å². The van der Waals surface area contributed by atoms with Crippen LogP contribution in [-0.4, -0.2) is 4.98 Å². The quantitative estimate of drug-likeness (QED) is 0.687. The summed E-state index contributed by atoms with van der Waals surface area (Å²) in [7, 11) is 0. The van der Waals surface area contributed by atoms with Gasteiger partial charge in [0.05, 0.1) is 12.5 Å². The van der Waals surface area contributed by atoms with Crippen molar-refractivity contribution in [3.05, 3.63) is 35.2 Å². The van der Waals surface area contributed by atoms with E-state index in [1.807, 2.05) is 38.1 Å². The van der Waals surface area contributed by atoms with E-state index in [-0.39, 0.29) is 0 Å². The summed E-state index contributed by atoms with van der Waals surface area (Å²) in [4.78, 5) is 4.32. The second-order valence-corrected chi connectivity index (χ2v) is 2.89. The molecule has 0 aromatic carbocycles. The van der Waals surface area contributed by atoms with E-state index in [0.29, 0.717) is 6.42 Å². The van der Waals surface area contributed by atoms with Gasteiger partial charge in [0.1, 0.15) is 0 Å². The molecule has 0 aliphatic rings. The number of nitriles is 1. The Balaban J connectivity index is 2.85. The number of pyridine rings is 1. The van der Waals surface area contributed by atoms with Gasteiger partial charge in [-0.25, -0.2) is 0 Å². The molecule has 0 saturated heterocycles. The molecule has 1 heterocycles. The van der Waals surface area contributed by atoms with E-state index in [9.17, 15) is 0 Å². The van der Waals surface area contributed by atoms with Gasteiger partial charge in [0.15, 0.2) is 0 Å². The van der Waals surface area contributed by atoms with Crippen LogP contribution in [0.5, 0.6) is 0 Å². The second kappa shape index (κ2) is 4.42. The number of allylic oxidation sites excluding steroid dienone is 1. The topological polar surface area (TPSA) is 36.7 Å². The van der Waals surface area contributed by atoms with E-state index in [4.69, 9.17) is 5.26 Å². The van der Waals surface area contributed by atoms with E-state index in [0.717, 1.165) is 17.0 Å². The van der Waals surface area contributed by atoms with Crippen LogP contribution in [0.2, 0.25) is 0 Å². The summed E-state index contributed by atoms with van der Waals surface area (Å²) in [6.45, 7) is 3.94. The zero-order valence-electron chi connectivity index (χ0n) is 7.91. The maximum Gasteiger partial charge on any atom is 0.0663 e. The highest BCUT2D eigenvalue weighted by molar-refractivity contribution is 5.51. The van der Waals surface area contributed by atoms with Crippen LogP contribution >= 0.6 is 0 Å². The van der Waals surface area contributed by atoms with Crippen molar-refractivity contribution in [3.8, 4) is 6.07 Å². The van der Waals surface area contributed by atoms with Crippen LogP contribution in [0.25, 0.3) is 6.08 Å². The van der Waals surface area contributed by atoms with Crippen molar-refractivity contribution in [2.24, 2.45) is 0 Å². The molecule has 0 saturated carbocycles. The first-order valence-electron chi connectivity index (χ1n) is 4.22. The van der Waals surface area contributed by atoms with Crippen LogP contribution in [0.1, 0.15) is 23.4 Å². The first-order valence-corrected chi connectivity index (χ1v) is 4.22. The fourth-order valence-electron chi connectivity index (χ4n) is 1.11. The van der Waals surface area contributed by atoms with Gasteiger partial charge in [-0.15, -0.1) is 0 Å². The number of hydrogen-bond acceptors (Lipinski definition) is 2. The smallest absolute Gasteiger partial charge is 0.0663 e. The fraction of sp³-hybridized carbons (Fsp3) is 0.273. The molecule has 0 atom stereocenters. The lowest BCUT2D eigenvalue weighted by Gasteiger charge is -1.99. The number of hydrogen-bond donors (Lipinski definition) is 0. The predicted octanol–water partition coefficient (Wildman–Crippen LogP) is 2.63. The summed E-state index contributed by atoms with van der Waals surface area (Å²) in [5, 5.41) is 8.34. The minimum atomic E-state index is 0.452. The Morgan fingerprint density at radius 2 is 2.23 bits per heavy atom. The molecule has 2 nitrogen and oxygen atoms in total. The number of rotatable bonds is 2. The van der Waals surface area contributed by atoms with E-state index in [2.05, 4.69) is 11.1 Å². The molecule has 0 fully saturated rings. The zero-order chi connectivity index (χ0) is 9.68. The molecule has 0 amide bonds. The maximum atomic E-state index is 8.34. The summed E-state index contributed by atoms with van der Waals surface area (Å²) in [5.41, 5.74) is 3.12. The molecule has 66 valence electrons. The van der Waals surface area contributed by atoms with Crippen molar-refractivity contribution in [2.45, 2.75) is 20.3 Å². The first kappa shape index (κ1) is 9.47. The molecule has 0 radical (unpaired) electrons. The third kappa shape index (κ3) is 2.72. The second-order valence-electron chi connectivity index (χ2n) is 2.89. The van der Waals surface area contributed by atoms with Crippen LogP contribution in [0.4, 0.5) is 0 Å². The van der Waals surface area contributed by atoms with Crippen molar-refractivity contribution < 1.29 is 0 Å². The molecule has 0 spiro atoms. The summed E-state index contributed by atoms with van der Waals surface area (Å²) in [6.07, 6.45) is 4.23. The monoisotopic (exact) mass is 172 g/mol. The van der Waals surface area contributed by atoms with Crippen molar-refractivity contribution in [2.75, 3.05) is 0 Å². The molecule has 0 aliphatic carbocycles. The minimum Gasteiger partial charge on any atom is -0.258 e. The first-order chi connectivity index (χ1) is 6.24. The van der Waals surface area contributed by atoms with E-state index >= 15 is 0 Å². The largest absolute Gasteiger partial charge is 0.258 e. The Morgan fingerprint density at radius 3 is 2.85 bits per heavy atom. The molecular formula is C11H12N2. The molecule has 13 heavy (non-hydrogen) atoms. The molecule has 2 heteroatoms. The molecule has 1 rings (SSSR count). The molecule has 0 aliphatic heterocycles. The van der Waals surface area contributed by atoms with Gasteiger partial charge in [-0.3, -0.25) is 4.98 Å². The van der Waals surface area contributed by atoms with Crippen molar-refractivity contribution >= 4 is 6.08 Å². The van der Waals surface area contributed by atoms with Crippen molar-refractivity contribution in [3.63, 3.8) is 0 Å². The van der Waals surface area contributed by atoms with Crippen molar-refractivity contribution in [1.29, 1.82) is 5.26 Å². The highest BCUT2D eigenvalue weighted by atomic mass is 14.7. The highest BCUT2D eigenvalue weighted by Crippen LogP contribution is 2.08. The van der Waals surface area contributed by atoms with Crippen LogP contribution in [-0.2, 0) is 0 Å². The van der Waals surface area contributed by atoms with Gasteiger partial charge in [0.25, 0.3) is 0 Å². The van der Waals surface area contributed by atoms with Crippen LogP contribution in [0.15, 0.2) is 18.2 Å². The molecular weight excluding hydrogens is 160 g/mol. The zero-order valence-corrected chi connectivity index (χ0v) is 7.91. The Morgan fingerprint density at radius 1 is 1.46 bits per heavy atom. The lowest BCUT2D eigenvalue weighted by Crippen LogP contribution is -1.88. The summed E-state index contributed by atoms with van der Waals surface area (Å²) in [6, 6.07) is 6.05. The van der Waals surface area contributed by atoms with E-state index in [1.54, 1.807) is 0 Å². The van der Waals surface area contributed by atoms with Gasteiger partial charge in [0.2, 0.25) is 0 Å². The summed E-state index contributed by atoms with van der Waals surface area (Å²) in [5.74, 6) is 0. The molecule has 1 aromatic heterocycles. The van der Waals surface area contributed by atoms with E-state index in [1.165, 1.54) is 0 Å². The standard InChI is InChI=1S/C11H12N2/c1-9-6-7-11(10(2)13-9)5-3-4-8-12/h3,5-7H,4H2,1-2H3. The third-order valence-electron chi connectivity index (χ3n) is 1.77. The van der Waals surface area contributed by atoms with Gasteiger partial charge in [-0.2, -0.15) is 5.26 Å². The average Bonchev–Trinajstić information content (AvgIpc) is 2.09. The van der Waals surface area contributed by atoms with Gasteiger partial charge < -0.3 is 0 Å². The molecule has 0 unspecified atom stereocenters. The molecule has 0 bridgehead atoms. The SMILES string of the molecule is Cc1ccc(C=CCC#N)c(C)n1. The van der Waals surface area contributed by atoms with Gasteiger partial charge in [-0.05, 0) is 25.5 Å². The fourth-order valence-corrected chi connectivity index (χ4v) is 1.11. The van der Waals surface area contributed by atoms with Crippen LogP contribution in [0.3, 0.4) is 0 Å². The highest BCUT2D eigenvalue weighted by Gasteiger charge is 1.94. The average molecular weight is 172 g/mol. The number of aryl methyl sites for hydroxylation is 2. The lowest BCUT2D eigenvalue weighted by atomic mass is 10.1. The normalized spacial score (nSPS) is 10.2. The summed E-state index contributed by atoms with van der Waals surface area (Å²) >= 11 is 0. The van der Waals surface area contributed by atoms with Gasteiger partial charge in [-0.1, -0.05) is 18.2 Å². The van der Waals surface area contributed by atoms with Gasteiger partial charge in [0, 0.05) is 11.4 Å². The predicted molar refractivity (Wildman–Crippen MR) is 53.0 cm³/mol. The number of aromatic nitrogens is 1. The minimum absolute atomic E-state index is 0.452.